The maximum atomic E-state index is 8.98. The van der Waals surface area contributed by atoms with Crippen molar-refractivity contribution in [1.82, 2.24) is 5.32 Å². The van der Waals surface area contributed by atoms with Gasteiger partial charge in [-0.3, -0.25) is 0 Å². The molecule has 0 bridgehead atoms. The van der Waals surface area contributed by atoms with Gasteiger partial charge in [-0.25, -0.2) is 0 Å². The first-order valence-corrected chi connectivity index (χ1v) is 7.74. The molecule has 0 aliphatic heterocycles. The Hall–Kier alpha value is -1.06. The van der Waals surface area contributed by atoms with E-state index in [1.54, 1.807) is 0 Å². The van der Waals surface area contributed by atoms with Gasteiger partial charge in [0.2, 0.25) is 0 Å². The number of aliphatic hydroxyl groups is 1. The molecule has 114 valence electrons. The van der Waals surface area contributed by atoms with E-state index in [4.69, 9.17) is 5.11 Å². The average molecular weight is 278 g/mol. The number of hydrogen-bond acceptors (Lipinski definition) is 3. The monoisotopic (exact) mass is 278 g/mol. The Morgan fingerprint density at radius 3 is 2.60 bits per heavy atom. The van der Waals surface area contributed by atoms with Crippen molar-refractivity contribution in [2.24, 2.45) is 5.92 Å². The van der Waals surface area contributed by atoms with Gasteiger partial charge in [-0.1, -0.05) is 26.0 Å². The average Bonchev–Trinajstić information content (AvgIpc) is 2.41. The van der Waals surface area contributed by atoms with Crippen LogP contribution in [0.25, 0.3) is 0 Å². The number of aryl methyl sites for hydroxylation is 1. The third kappa shape index (κ3) is 5.51. The molecule has 0 heterocycles. The SMILES string of the molecule is CCN(CCCO)c1ccc(CNCC(C)C)cc1C. The molecule has 0 amide bonds. The highest BCUT2D eigenvalue weighted by Gasteiger charge is 2.07. The Morgan fingerprint density at radius 2 is 2.05 bits per heavy atom. The van der Waals surface area contributed by atoms with E-state index in [0.29, 0.717) is 5.92 Å². The molecule has 1 aromatic carbocycles. The van der Waals surface area contributed by atoms with Crippen molar-refractivity contribution in [3.8, 4) is 0 Å². The summed E-state index contributed by atoms with van der Waals surface area (Å²) in [5, 5.41) is 12.5. The molecule has 0 aliphatic rings. The summed E-state index contributed by atoms with van der Waals surface area (Å²) < 4.78 is 0. The van der Waals surface area contributed by atoms with Crippen LogP contribution in [-0.2, 0) is 6.54 Å². The van der Waals surface area contributed by atoms with Crippen LogP contribution >= 0.6 is 0 Å². The second kappa shape index (κ2) is 8.98. The van der Waals surface area contributed by atoms with Crippen LogP contribution in [0.3, 0.4) is 0 Å². The largest absolute Gasteiger partial charge is 0.396 e. The topological polar surface area (TPSA) is 35.5 Å². The predicted molar refractivity (Wildman–Crippen MR) is 87.3 cm³/mol. The van der Waals surface area contributed by atoms with E-state index in [-0.39, 0.29) is 6.61 Å². The number of anilines is 1. The maximum Gasteiger partial charge on any atom is 0.0447 e. The van der Waals surface area contributed by atoms with Crippen molar-refractivity contribution in [3.63, 3.8) is 0 Å². The van der Waals surface area contributed by atoms with Gasteiger partial charge in [0.1, 0.15) is 0 Å². The van der Waals surface area contributed by atoms with Gasteiger partial charge in [-0.2, -0.15) is 0 Å². The molecule has 3 nitrogen and oxygen atoms in total. The van der Waals surface area contributed by atoms with E-state index in [1.807, 2.05) is 0 Å². The van der Waals surface area contributed by atoms with Crippen molar-refractivity contribution in [1.29, 1.82) is 0 Å². The standard InChI is InChI=1S/C17H30N2O/c1-5-19(9-6-10-20)17-8-7-16(11-15(17)4)13-18-12-14(2)3/h7-8,11,14,18,20H,5-6,9-10,12-13H2,1-4H3. The zero-order valence-electron chi connectivity index (χ0n) is 13.4. The molecule has 3 heteroatoms. The van der Waals surface area contributed by atoms with Crippen LogP contribution in [0.15, 0.2) is 18.2 Å². The summed E-state index contributed by atoms with van der Waals surface area (Å²) in [6.45, 7) is 12.9. The van der Waals surface area contributed by atoms with Crippen molar-refractivity contribution >= 4 is 5.69 Å². The molecule has 2 N–H and O–H groups in total. The quantitative estimate of drug-likeness (QED) is 0.729. The van der Waals surface area contributed by atoms with Crippen LogP contribution in [0.2, 0.25) is 0 Å². The van der Waals surface area contributed by atoms with Gasteiger partial charge in [0.25, 0.3) is 0 Å². The van der Waals surface area contributed by atoms with Gasteiger partial charge in [0.05, 0.1) is 0 Å². The van der Waals surface area contributed by atoms with Crippen LogP contribution in [0, 0.1) is 12.8 Å². The Labute approximate surface area is 124 Å². The summed E-state index contributed by atoms with van der Waals surface area (Å²) in [5.74, 6) is 0.685. The lowest BCUT2D eigenvalue weighted by atomic mass is 10.1. The lowest BCUT2D eigenvalue weighted by Crippen LogP contribution is -2.25. The summed E-state index contributed by atoms with van der Waals surface area (Å²) >= 11 is 0. The van der Waals surface area contributed by atoms with Crippen molar-refractivity contribution in [2.45, 2.75) is 40.7 Å². The fourth-order valence-corrected chi connectivity index (χ4v) is 2.40. The first-order valence-electron chi connectivity index (χ1n) is 7.74. The van der Waals surface area contributed by atoms with Crippen LogP contribution in [-0.4, -0.2) is 31.3 Å². The molecule has 1 rings (SSSR count). The fourth-order valence-electron chi connectivity index (χ4n) is 2.40. The third-order valence-corrected chi connectivity index (χ3v) is 3.45. The highest BCUT2D eigenvalue weighted by Crippen LogP contribution is 2.21. The summed E-state index contributed by atoms with van der Waals surface area (Å²) in [6, 6.07) is 6.68. The van der Waals surface area contributed by atoms with E-state index < -0.39 is 0 Å². The molecule has 0 saturated carbocycles. The number of nitrogens with one attached hydrogen (secondary N) is 1. The Kier molecular flexibility index (Phi) is 7.63. The van der Waals surface area contributed by atoms with Gasteiger partial charge in [-0.15, -0.1) is 0 Å². The summed E-state index contributed by atoms with van der Waals surface area (Å²) in [4.78, 5) is 2.33. The maximum absolute atomic E-state index is 8.98. The number of benzene rings is 1. The number of nitrogens with zero attached hydrogens (tertiary/aromatic N) is 1. The smallest absolute Gasteiger partial charge is 0.0447 e. The van der Waals surface area contributed by atoms with Gasteiger partial charge >= 0.3 is 0 Å². The van der Waals surface area contributed by atoms with Crippen molar-refractivity contribution < 1.29 is 5.11 Å². The molecule has 20 heavy (non-hydrogen) atoms. The number of hydrogen-bond donors (Lipinski definition) is 2. The first-order chi connectivity index (χ1) is 9.58. The van der Waals surface area contributed by atoms with Gasteiger partial charge in [0, 0.05) is 31.9 Å². The lowest BCUT2D eigenvalue weighted by molar-refractivity contribution is 0.289. The zero-order valence-corrected chi connectivity index (χ0v) is 13.4. The summed E-state index contributed by atoms with van der Waals surface area (Å²) in [5.41, 5.74) is 3.94. The third-order valence-electron chi connectivity index (χ3n) is 3.45. The van der Waals surface area contributed by atoms with E-state index in [0.717, 1.165) is 32.6 Å². The fraction of sp³-hybridized carbons (Fsp3) is 0.647. The van der Waals surface area contributed by atoms with E-state index in [1.165, 1.54) is 16.8 Å². The second-order valence-electron chi connectivity index (χ2n) is 5.80. The Morgan fingerprint density at radius 1 is 1.30 bits per heavy atom. The second-order valence-corrected chi connectivity index (χ2v) is 5.80. The van der Waals surface area contributed by atoms with Gasteiger partial charge < -0.3 is 15.3 Å². The predicted octanol–water partition coefficient (Wildman–Crippen LogP) is 2.95. The molecule has 0 unspecified atom stereocenters. The molecule has 0 radical (unpaired) electrons. The molecule has 0 aromatic heterocycles. The molecular weight excluding hydrogens is 248 g/mol. The van der Waals surface area contributed by atoms with E-state index >= 15 is 0 Å². The minimum absolute atomic E-state index is 0.257. The van der Waals surface area contributed by atoms with E-state index in [9.17, 15) is 0 Å². The number of rotatable bonds is 9. The first kappa shape index (κ1) is 17.0. The molecule has 0 saturated heterocycles. The van der Waals surface area contributed by atoms with Crippen LogP contribution in [0.4, 0.5) is 5.69 Å². The Bertz CT molecular complexity index is 391. The summed E-state index contributed by atoms with van der Waals surface area (Å²) in [6.07, 6.45) is 0.824. The normalized spacial score (nSPS) is 11.1. The van der Waals surface area contributed by atoms with Crippen LogP contribution < -0.4 is 10.2 Å². The molecular formula is C17H30N2O. The van der Waals surface area contributed by atoms with Gasteiger partial charge in [0.15, 0.2) is 0 Å². The Balaban J connectivity index is 2.66. The van der Waals surface area contributed by atoms with Gasteiger partial charge in [-0.05, 0) is 49.9 Å². The van der Waals surface area contributed by atoms with Crippen molar-refractivity contribution in [2.75, 3.05) is 31.1 Å². The molecule has 0 atom stereocenters. The molecule has 0 aliphatic carbocycles. The van der Waals surface area contributed by atoms with Crippen LogP contribution in [0.5, 0.6) is 0 Å². The minimum Gasteiger partial charge on any atom is -0.396 e. The zero-order chi connectivity index (χ0) is 15.0. The van der Waals surface area contributed by atoms with E-state index in [2.05, 4.69) is 56.1 Å². The lowest BCUT2D eigenvalue weighted by Gasteiger charge is -2.25. The molecule has 0 spiro atoms. The van der Waals surface area contributed by atoms with Crippen molar-refractivity contribution in [3.05, 3.63) is 29.3 Å². The highest BCUT2D eigenvalue weighted by molar-refractivity contribution is 5.54. The highest BCUT2D eigenvalue weighted by atomic mass is 16.3. The molecule has 1 aromatic rings. The van der Waals surface area contributed by atoms with Crippen LogP contribution in [0.1, 0.15) is 38.3 Å². The summed E-state index contributed by atoms with van der Waals surface area (Å²) in [7, 11) is 0. The number of aliphatic hydroxyl groups excluding tert-OH is 1. The molecule has 0 fully saturated rings. The minimum atomic E-state index is 0.257.